The minimum absolute atomic E-state index is 0.0642. The first-order valence-corrected chi connectivity index (χ1v) is 10.4. The summed E-state index contributed by atoms with van der Waals surface area (Å²) in [4.78, 5) is 21.6. The van der Waals surface area contributed by atoms with E-state index in [1.807, 2.05) is 6.92 Å². The van der Waals surface area contributed by atoms with Crippen LogP contribution in [0.5, 0.6) is 0 Å². The molecule has 3 aliphatic heterocycles. The van der Waals surface area contributed by atoms with Crippen molar-refractivity contribution >= 4 is 5.91 Å². The van der Waals surface area contributed by atoms with E-state index in [4.69, 9.17) is 9.26 Å². The molecule has 0 saturated carbocycles. The van der Waals surface area contributed by atoms with Crippen LogP contribution >= 0.6 is 0 Å². The van der Waals surface area contributed by atoms with Crippen molar-refractivity contribution in [2.24, 2.45) is 11.8 Å². The maximum absolute atomic E-state index is 12.9. The SMILES string of the molecule is Cc1nc(CC2CCOC3(CCN(C(=O)C4CCN(C)CC4)CC3)C2)no1. The average Bonchev–Trinajstić information content (AvgIpc) is 3.07. The summed E-state index contributed by atoms with van der Waals surface area (Å²) in [5.41, 5.74) is -0.0642. The van der Waals surface area contributed by atoms with E-state index in [2.05, 4.69) is 27.0 Å². The van der Waals surface area contributed by atoms with E-state index in [1.54, 1.807) is 0 Å². The summed E-state index contributed by atoms with van der Waals surface area (Å²) in [6, 6.07) is 0. The Morgan fingerprint density at radius 1 is 1.19 bits per heavy atom. The molecule has 3 saturated heterocycles. The van der Waals surface area contributed by atoms with Gasteiger partial charge in [-0.3, -0.25) is 4.79 Å². The first kappa shape index (κ1) is 18.9. The van der Waals surface area contributed by atoms with Crippen molar-refractivity contribution in [2.75, 3.05) is 39.8 Å². The molecule has 1 aromatic heterocycles. The standard InChI is InChI=1S/C20H32N4O3/c1-15-21-18(22-27-15)13-16-5-12-26-20(14-16)6-10-24(11-7-20)19(25)17-3-8-23(2)9-4-17/h16-17H,3-14H2,1-2H3. The molecule has 1 spiro atoms. The van der Waals surface area contributed by atoms with Gasteiger partial charge >= 0.3 is 0 Å². The maximum Gasteiger partial charge on any atom is 0.225 e. The molecule has 0 bridgehead atoms. The van der Waals surface area contributed by atoms with E-state index in [0.29, 0.717) is 17.7 Å². The molecule has 0 aliphatic carbocycles. The summed E-state index contributed by atoms with van der Waals surface area (Å²) in [7, 11) is 2.14. The second-order valence-corrected chi connectivity index (χ2v) is 8.73. The van der Waals surface area contributed by atoms with Gasteiger partial charge in [0.15, 0.2) is 5.82 Å². The van der Waals surface area contributed by atoms with Crippen LogP contribution in [0.25, 0.3) is 0 Å². The number of likely N-dealkylation sites (tertiary alicyclic amines) is 2. The minimum Gasteiger partial charge on any atom is -0.375 e. The quantitative estimate of drug-likeness (QED) is 0.804. The Hall–Kier alpha value is -1.47. The summed E-state index contributed by atoms with van der Waals surface area (Å²) < 4.78 is 11.4. The van der Waals surface area contributed by atoms with Crippen molar-refractivity contribution in [2.45, 2.75) is 57.5 Å². The van der Waals surface area contributed by atoms with Crippen LogP contribution in [0.4, 0.5) is 0 Å². The van der Waals surface area contributed by atoms with Gasteiger partial charge in [-0.1, -0.05) is 5.16 Å². The second-order valence-electron chi connectivity index (χ2n) is 8.73. The molecular weight excluding hydrogens is 344 g/mol. The molecule has 0 aromatic carbocycles. The van der Waals surface area contributed by atoms with Crippen molar-refractivity contribution in [1.82, 2.24) is 19.9 Å². The van der Waals surface area contributed by atoms with Gasteiger partial charge in [0, 0.05) is 39.0 Å². The molecule has 1 aromatic rings. The van der Waals surface area contributed by atoms with Crippen LogP contribution < -0.4 is 0 Å². The third-order valence-electron chi connectivity index (χ3n) is 6.69. The highest BCUT2D eigenvalue weighted by molar-refractivity contribution is 5.79. The van der Waals surface area contributed by atoms with Crippen molar-refractivity contribution < 1.29 is 14.1 Å². The highest BCUT2D eigenvalue weighted by atomic mass is 16.5. The lowest BCUT2D eigenvalue weighted by molar-refractivity contribution is -0.151. The van der Waals surface area contributed by atoms with E-state index in [1.165, 1.54) is 0 Å². The second kappa shape index (κ2) is 7.87. The van der Waals surface area contributed by atoms with Gasteiger partial charge < -0.3 is 19.1 Å². The van der Waals surface area contributed by atoms with Gasteiger partial charge in [0.1, 0.15) is 0 Å². The van der Waals surface area contributed by atoms with Gasteiger partial charge in [0.25, 0.3) is 0 Å². The minimum atomic E-state index is -0.0642. The summed E-state index contributed by atoms with van der Waals surface area (Å²) in [6.45, 7) is 6.37. The first-order chi connectivity index (χ1) is 13.0. The van der Waals surface area contributed by atoms with Gasteiger partial charge in [-0.15, -0.1) is 0 Å². The molecule has 27 heavy (non-hydrogen) atoms. The largest absolute Gasteiger partial charge is 0.375 e. The summed E-state index contributed by atoms with van der Waals surface area (Å²) in [5.74, 6) is 2.56. The third kappa shape index (κ3) is 4.35. The number of hydrogen-bond donors (Lipinski definition) is 0. The van der Waals surface area contributed by atoms with E-state index >= 15 is 0 Å². The molecule has 0 radical (unpaired) electrons. The van der Waals surface area contributed by atoms with Crippen molar-refractivity contribution in [3.63, 3.8) is 0 Å². The average molecular weight is 377 g/mol. The number of carbonyl (C=O) groups is 1. The molecule has 3 aliphatic rings. The van der Waals surface area contributed by atoms with E-state index < -0.39 is 0 Å². The maximum atomic E-state index is 12.9. The zero-order chi connectivity index (χ0) is 18.9. The van der Waals surface area contributed by atoms with Crippen LogP contribution in [-0.2, 0) is 16.0 Å². The Balaban J connectivity index is 1.30. The number of hydrogen-bond acceptors (Lipinski definition) is 6. The van der Waals surface area contributed by atoms with Gasteiger partial charge in [-0.2, -0.15) is 4.98 Å². The van der Waals surface area contributed by atoms with E-state index in [-0.39, 0.29) is 11.5 Å². The molecule has 4 rings (SSSR count). The molecule has 1 unspecified atom stereocenters. The molecular formula is C20H32N4O3. The van der Waals surface area contributed by atoms with Crippen molar-refractivity contribution in [3.05, 3.63) is 11.7 Å². The predicted octanol–water partition coefficient (Wildman–Crippen LogP) is 2.05. The molecule has 7 heteroatoms. The molecule has 150 valence electrons. The van der Waals surface area contributed by atoms with E-state index in [0.717, 1.165) is 83.6 Å². The molecule has 0 N–H and O–H groups in total. The summed E-state index contributed by atoms with van der Waals surface area (Å²) in [5, 5.41) is 4.05. The molecule has 1 amide bonds. The lowest BCUT2D eigenvalue weighted by atomic mass is 9.78. The molecule has 1 atom stereocenters. The zero-order valence-corrected chi connectivity index (χ0v) is 16.7. The molecule has 3 fully saturated rings. The van der Waals surface area contributed by atoms with Crippen LogP contribution in [0, 0.1) is 18.8 Å². The monoisotopic (exact) mass is 376 g/mol. The highest BCUT2D eigenvalue weighted by Gasteiger charge is 2.42. The number of aromatic nitrogens is 2. The molecule has 4 heterocycles. The zero-order valence-electron chi connectivity index (χ0n) is 16.7. The summed E-state index contributed by atoms with van der Waals surface area (Å²) >= 11 is 0. The fourth-order valence-electron chi connectivity index (χ4n) is 4.98. The Bertz CT molecular complexity index is 645. The van der Waals surface area contributed by atoms with Crippen LogP contribution in [-0.4, -0.2) is 71.3 Å². The van der Waals surface area contributed by atoms with Gasteiger partial charge in [0.2, 0.25) is 11.8 Å². The van der Waals surface area contributed by atoms with Crippen LogP contribution in [0.3, 0.4) is 0 Å². The van der Waals surface area contributed by atoms with Gasteiger partial charge in [-0.25, -0.2) is 0 Å². The number of aryl methyl sites for hydroxylation is 1. The predicted molar refractivity (Wildman–Crippen MR) is 100 cm³/mol. The number of rotatable bonds is 3. The van der Waals surface area contributed by atoms with Crippen molar-refractivity contribution in [1.29, 1.82) is 0 Å². The highest BCUT2D eigenvalue weighted by Crippen LogP contribution is 2.39. The van der Waals surface area contributed by atoms with Crippen LogP contribution in [0.2, 0.25) is 0 Å². The third-order valence-corrected chi connectivity index (χ3v) is 6.69. The Labute approximate surface area is 161 Å². The lowest BCUT2D eigenvalue weighted by Gasteiger charge is -2.47. The Morgan fingerprint density at radius 3 is 2.59 bits per heavy atom. The number of amides is 1. The Kier molecular flexibility index (Phi) is 5.50. The van der Waals surface area contributed by atoms with E-state index in [9.17, 15) is 4.79 Å². The number of carbonyl (C=O) groups excluding carboxylic acids is 1. The van der Waals surface area contributed by atoms with Gasteiger partial charge in [-0.05, 0) is 64.6 Å². The lowest BCUT2D eigenvalue weighted by Crippen LogP contribution is -2.52. The van der Waals surface area contributed by atoms with Crippen molar-refractivity contribution in [3.8, 4) is 0 Å². The normalized spacial score (nSPS) is 27.2. The summed E-state index contributed by atoms with van der Waals surface area (Å²) in [6.07, 6.45) is 6.85. The number of nitrogens with zero attached hydrogens (tertiary/aromatic N) is 4. The smallest absolute Gasteiger partial charge is 0.225 e. The first-order valence-electron chi connectivity index (χ1n) is 10.4. The fraction of sp³-hybridized carbons (Fsp3) is 0.850. The fourth-order valence-corrected chi connectivity index (χ4v) is 4.98. The molecule has 7 nitrogen and oxygen atoms in total. The van der Waals surface area contributed by atoms with Gasteiger partial charge in [0.05, 0.1) is 5.60 Å². The van der Waals surface area contributed by atoms with Crippen LogP contribution in [0.1, 0.15) is 50.2 Å². The number of piperidine rings is 2. The van der Waals surface area contributed by atoms with Crippen LogP contribution in [0.15, 0.2) is 4.52 Å². The topological polar surface area (TPSA) is 71.7 Å². The Morgan fingerprint density at radius 2 is 1.93 bits per heavy atom. The number of ether oxygens (including phenoxy) is 1.